The van der Waals surface area contributed by atoms with Gasteiger partial charge < -0.3 is 10.6 Å². The van der Waals surface area contributed by atoms with E-state index in [1.165, 1.54) is 16.2 Å². The summed E-state index contributed by atoms with van der Waals surface area (Å²) in [4.78, 5) is 39.6. The molecule has 2 aromatic rings. The van der Waals surface area contributed by atoms with Crippen LogP contribution in [0, 0.1) is 6.92 Å². The highest BCUT2D eigenvalue weighted by molar-refractivity contribution is 7.19. The van der Waals surface area contributed by atoms with E-state index in [-0.39, 0.29) is 5.41 Å². The molecule has 1 aliphatic rings. The van der Waals surface area contributed by atoms with E-state index >= 15 is 0 Å². The van der Waals surface area contributed by atoms with Crippen molar-refractivity contribution in [2.75, 3.05) is 11.9 Å². The van der Waals surface area contributed by atoms with E-state index in [1.54, 1.807) is 18.3 Å². The number of carbonyl (C=O) groups is 2. The number of aromatic nitrogens is 3. The molecule has 8 nitrogen and oxygen atoms in total. The van der Waals surface area contributed by atoms with Crippen LogP contribution in [0.1, 0.15) is 32.3 Å². The highest BCUT2D eigenvalue weighted by Gasteiger charge is 2.29. The number of thiazole rings is 1. The number of nitrogens with zero attached hydrogens (tertiary/aromatic N) is 4. The largest absolute Gasteiger partial charge is 0.368 e. The van der Waals surface area contributed by atoms with Crippen molar-refractivity contribution in [3.63, 3.8) is 0 Å². The number of anilines is 1. The Hall–Kier alpha value is -2.81. The summed E-state index contributed by atoms with van der Waals surface area (Å²) in [6, 6.07) is 0.679. The van der Waals surface area contributed by atoms with Crippen molar-refractivity contribution < 1.29 is 9.59 Å². The van der Waals surface area contributed by atoms with E-state index in [9.17, 15) is 9.59 Å². The van der Waals surface area contributed by atoms with E-state index in [0.717, 1.165) is 22.1 Å². The Kier molecular flexibility index (Phi) is 4.97. The number of primary amides is 1. The Morgan fingerprint density at radius 1 is 1.33 bits per heavy atom. The zero-order valence-electron chi connectivity index (χ0n) is 15.7. The Morgan fingerprint density at radius 3 is 2.74 bits per heavy atom. The van der Waals surface area contributed by atoms with E-state index < -0.39 is 18.0 Å². The second-order valence-electron chi connectivity index (χ2n) is 7.31. The summed E-state index contributed by atoms with van der Waals surface area (Å²) in [5.41, 5.74) is 6.70. The van der Waals surface area contributed by atoms with Gasteiger partial charge in [0, 0.05) is 18.2 Å². The van der Waals surface area contributed by atoms with Crippen LogP contribution in [0.4, 0.5) is 9.93 Å². The average molecular weight is 386 g/mol. The van der Waals surface area contributed by atoms with Crippen molar-refractivity contribution in [1.29, 1.82) is 0 Å². The molecule has 27 heavy (non-hydrogen) atoms. The summed E-state index contributed by atoms with van der Waals surface area (Å²) in [5, 5.41) is 3.19. The molecule has 0 unspecified atom stereocenters. The zero-order valence-corrected chi connectivity index (χ0v) is 16.5. The minimum atomic E-state index is -0.735. The molecule has 3 heterocycles. The van der Waals surface area contributed by atoms with Crippen molar-refractivity contribution >= 4 is 28.4 Å². The number of hydrogen-bond acceptors (Lipinski definition) is 6. The first kappa shape index (κ1) is 19.0. The number of aryl methyl sites for hydroxylation is 1. The fourth-order valence-corrected chi connectivity index (χ4v) is 3.60. The molecule has 9 heteroatoms. The molecule has 0 radical (unpaired) electrons. The lowest BCUT2D eigenvalue weighted by molar-refractivity contribution is -0.120. The van der Waals surface area contributed by atoms with Crippen LogP contribution in [0.25, 0.3) is 10.6 Å². The summed E-state index contributed by atoms with van der Waals surface area (Å²) < 4.78 is 0. The van der Waals surface area contributed by atoms with Crippen molar-refractivity contribution in [2.45, 2.75) is 39.2 Å². The standard InChI is InChI=1S/C18H22N6O2S/c1-10-13(11-7-8-20-15(22-11)18(2,3)4)27-16(21-10)23-17(26)24-9-5-6-12(24)14(19)25/h5-8,12H,9H2,1-4H3,(H2,19,25)(H,21,23,26)/t12-/m0/s1. The van der Waals surface area contributed by atoms with Gasteiger partial charge in [-0.25, -0.2) is 19.7 Å². The van der Waals surface area contributed by atoms with Gasteiger partial charge in [-0.3, -0.25) is 10.1 Å². The molecule has 3 rings (SSSR count). The van der Waals surface area contributed by atoms with E-state index in [2.05, 4.69) is 41.0 Å². The van der Waals surface area contributed by atoms with E-state index in [1.807, 2.05) is 13.0 Å². The number of carbonyl (C=O) groups excluding carboxylic acids is 2. The van der Waals surface area contributed by atoms with E-state index in [0.29, 0.717) is 11.7 Å². The number of nitrogens with one attached hydrogen (secondary N) is 1. The third kappa shape index (κ3) is 3.97. The molecule has 0 bridgehead atoms. The molecule has 0 saturated carbocycles. The highest BCUT2D eigenvalue weighted by atomic mass is 32.1. The number of nitrogens with two attached hydrogens (primary N) is 1. The predicted molar refractivity (Wildman–Crippen MR) is 104 cm³/mol. The second kappa shape index (κ2) is 7.07. The zero-order chi connectivity index (χ0) is 19.8. The van der Waals surface area contributed by atoms with Crippen LogP contribution in [-0.2, 0) is 10.2 Å². The number of amides is 3. The number of rotatable bonds is 3. The fourth-order valence-electron chi connectivity index (χ4n) is 2.68. The summed E-state index contributed by atoms with van der Waals surface area (Å²) in [6.07, 6.45) is 5.09. The third-order valence-corrected chi connectivity index (χ3v) is 5.17. The smallest absolute Gasteiger partial charge is 0.324 e. The molecule has 0 spiro atoms. The van der Waals surface area contributed by atoms with Crippen LogP contribution in [0.2, 0.25) is 0 Å². The first-order chi connectivity index (χ1) is 12.7. The summed E-state index contributed by atoms with van der Waals surface area (Å²) in [6.45, 7) is 8.35. The molecule has 0 saturated heterocycles. The summed E-state index contributed by atoms with van der Waals surface area (Å²) in [7, 11) is 0. The molecule has 142 valence electrons. The molecule has 3 N–H and O–H groups in total. The monoisotopic (exact) mass is 386 g/mol. The first-order valence-corrected chi connectivity index (χ1v) is 9.33. The van der Waals surface area contributed by atoms with Crippen molar-refractivity contribution in [2.24, 2.45) is 5.73 Å². The normalized spacial score (nSPS) is 16.6. The Balaban J connectivity index is 1.81. The lowest BCUT2D eigenvalue weighted by Gasteiger charge is -2.21. The molecule has 2 aromatic heterocycles. The maximum Gasteiger partial charge on any atom is 0.324 e. The average Bonchev–Trinajstić information content (AvgIpc) is 3.21. The number of urea groups is 1. The van der Waals surface area contributed by atoms with Crippen LogP contribution >= 0.6 is 11.3 Å². The van der Waals surface area contributed by atoms with E-state index in [4.69, 9.17) is 5.73 Å². The van der Waals surface area contributed by atoms with Gasteiger partial charge in [0.2, 0.25) is 5.91 Å². The van der Waals surface area contributed by atoms with Crippen LogP contribution in [-0.4, -0.2) is 44.4 Å². The second-order valence-corrected chi connectivity index (χ2v) is 8.31. The predicted octanol–water partition coefficient (Wildman–Crippen LogP) is 2.46. The molecule has 1 aliphatic heterocycles. The van der Waals surface area contributed by atoms with Crippen LogP contribution in [0.15, 0.2) is 24.4 Å². The molecular weight excluding hydrogens is 364 g/mol. The molecular formula is C18H22N6O2S. The molecule has 0 aliphatic carbocycles. The Bertz CT molecular complexity index is 915. The Morgan fingerprint density at radius 2 is 2.07 bits per heavy atom. The van der Waals surface area contributed by atoms with Gasteiger partial charge in [-0.15, -0.1) is 0 Å². The minimum absolute atomic E-state index is 0.168. The molecule has 1 atom stereocenters. The minimum Gasteiger partial charge on any atom is -0.368 e. The lowest BCUT2D eigenvalue weighted by Crippen LogP contribution is -2.45. The highest BCUT2D eigenvalue weighted by Crippen LogP contribution is 2.32. The molecule has 0 fully saturated rings. The van der Waals surface area contributed by atoms with Crippen molar-refractivity contribution in [1.82, 2.24) is 19.9 Å². The summed E-state index contributed by atoms with van der Waals surface area (Å²) >= 11 is 1.33. The molecule has 0 aromatic carbocycles. The Labute approximate surface area is 161 Å². The van der Waals surface area contributed by atoms with Crippen LogP contribution < -0.4 is 11.1 Å². The van der Waals surface area contributed by atoms with Gasteiger partial charge in [0.05, 0.1) is 16.3 Å². The van der Waals surface area contributed by atoms with Gasteiger partial charge in [0.1, 0.15) is 11.9 Å². The van der Waals surface area contributed by atoms with Gasteiger partial charge in [0.25, 0.3) is 0 Å². The maximum absolute atomic E-state index is 12.5. The first-order valence-electron chi connectivity index (χ1n) is 8.52. The van der Waals surface area contributed by atoms with Crippen LogP contribution in [0.5, 0.6) is 0 Å². The third-order valence-electron chi connectivity index (χ3n) is 4.08. The van der Waals surface area contributed by atoms with Gasteiger partial charge in [-0.1, -0.05) is 44.3 Å². The summed E-state index contributed by atoms with van der Waals surface area (Å²) in [5.74, 6) is 0.177. The fraction of sp³-hybridized carbons (Fsp3) is 0.389. The van der Waals surface area contributed by atoms with Crippen LogP contribution in [0.3, 0.4) is 0 Å². The lowest BCUT2D eigenvalue weighted by atomic mass is 9.95. The topological polar surface area (TPSA) is 114 Å². The quantitative estimate of drug-likeness (QED) is 0.787. The van der Waals surface area contributed by atoms with Crippen molar-refractivity contribution in [3.05, 3.63) is 35.9 Å². The van der Waals surface area contributed by atoms with Gasteiger partial charge in [0.15, 0.2) is 5.13 Å². The van der Waals surface area contributed by atoms with Gasteiger partial charge in [-0.05, 0) is 13.0 Å². The van der Waals surface area contributed by atoms with Gasteiger partial charge >= 0.3 is 6.03 Å². The maximum atomic E-state index is 12.5. The van der Waals surface area contributed by atoms with Crippen molar-refractivity contribution in [3.8, 4) is 10.6 Å². The van der Waals surface area contributed by atoms with Gasteiger partial charge in [-0.2, -0.15) is 0 Å². The number of hydrogen-bond donors (Lipinski definition) is 2. The molecule has 3 amide bonds. The SMILES string of the molecule is Cc1nc(NC(=O)N2CC=C[C@H]2C(N)=O)sc1-c1ccnc(C(C)(C)C)n1.